The van der Waals surface area contributed by atoms with Crippen LogP contribution in [0.3, 0.4) is 0 Å². The third-order valence-corrected chi connectivity index (χ3v) is 3.55. The van der Waals surface area contributed by atoms with Gasteiger partial charge >= 0.3 is 0 Å². The first-order valence-electron chi connectivity index (χ1n) is 7.18. The van der Waals surface area contributed by atoms with Crippen molar-refractivity contribution in [3.8, 4) is 0 Å². The number of rotatable bonds is 4. The van der Waals surface area contributed by atoms with E-state index in [2.05, 4.69) is 15.3 Å². The minimum Gasteiger partial charge on any atom is -0.305 e. The van der Waals surface area contributed by atoms with Crippen LogP contribution < -0.4 is 5.32 Å². The molecule has 0 aliphatic carbocycles. The maximum Gasteiger partial charge on any atom is 0.275 e. The van der Waals surface area contributed by atoms with Gasteiger partial charge in [0.05, 0.1) is 10.7 Å². The predicted molar refractivity (Wildman–Crippen MR) is 86.3 cm³/mol. The summed E-state index contributed by atoms with van der Waals surface area (Å²) in [4.78, 5) is 21.1. The van der Waals surface area contributed by atoms with Crippen molar-refractivity contribution >= 4 is 29.0 Å². The van der Waals surface area contributed by atoms with E-state index in [1.807, 2.05) is 6.92 Å². The van der Waals surface area contributed by atoms with Gasteiger partial charge in [0.1, 0.15) is 23.0 Å². The number of carbonyl (C=O) groups excluding carboxylic acids is 1. The normalized spacial score (nSPS) is 10.9. The third-order valence-electron chi connectivity index (χ3n) is 3.33. The van der Waals surface area contributed by atoms with Crippen molar-refractivity contribution in [2.45, 2.75) is 19.8 Å². The standard InChI is InChI=1S/C16H14ClFN4O/c1-2-3-12-15(22-9-11(18)5-7-14(22)20-12)16(23)21-13-6-4-10(17)8-19-13/h4-9H,2-3H2,1H3,(H,19,21,23). The molecule has 0 bridgehead atoms. The smallest absolute Gasteiger partial charge is 0.275 e. The number of aromatic nitrogens is 3. The van der Waals surface area contributed by atoms with E-state index in [0.717, 1.165) is 6.42 Å². The number of imidazole rings is 1. The molecule has 5 nitrogen and oxygen atoms in total. The third kappa shape index (κ3) is 3.17. The van der Waals surface area contributed by atoms with E-state index in [0.29, 0.717) is 34.3 Å². The minimum atomic E-state index is -0.434. The highest BCUT2D eigenvalue weighted by molar-refractivity contribution is 6.30. The summed E-state index contributed by atoms with van der Waals surface area (Å²) in [7, 11) is 0. The molecule has 0 unspecified atom stereocenters. The van der Waals surface area contributed by atoms with E-state index in [-0.39, 0.29) is 5.91 Å². The molecule has 0 spiro atoms. The number of hydrogen-bond donors (Lipinski definition) is 1. The zero-order valence-corrected chi connectivity index (χ0v) is 13.1. The number of carbonyl (C=O) groups is 1. The molecule has 118 valence electrons. The number of anilines is 1. The van der Waals surface area contributed by atoms with Gasteiger partial charge in [-0.25, -0.2) is 14.4 Å². The molecule has 23 heavy (non-hydrogen) atoms. The van der Waals surface area contributed by atoms with E-state index in [1.165, 1.54) is 22.9 Å². The first kappa shape index (κ1) is 15.4. The summed E-state index contributed by atoms with van der Waals surface area (Å²) in [5, 5.41) is 3.17. The van der Waals surface area contributed by atoms with Gasteiger partial charge in [-0.3, -0.25) is 9.20 Å². The molecule has 0 aliphatic rings. The number of hydrogen-bond acceptors (Lipinski definition) is 3. The van der Waals surface area contributed by atoms with Crippen LogP contribution in [0.15, 0.2) is 36.7 Å². The number of nitrogens with zero attached hydrogens (tertiary/aromatic N) is 3. The molecule has 0 saturated carbocycles. The van der Waals surface area contributed by atoms with E-state index >= 15 is 0 Å². The van der Waals surface area contributed by atoms with Crippen LogP contribution in [0, 0.1) is 5.82 Å². The number of aryl methyl sites for hydroxylation is 1. The van der Waals surface area contributed by atoms with Gasteiger partial charge in [0.25, 0.3) is 5.91 Å². The minimum absolute atomic E-state index is 0.318. The van der Waals surface area contributed by atoms with Crippen molar-refractivity contribution in [1.82, 2.24) is 14.4 Å². The zero-order valence-electron chi connectivity index (χ0n) is 12.4. The number of pyridine rings is 2. The van der Waals surface area contributed by atoms with Gasteiger partial charge in [-0.1, -0.05) is 24.9 Å². The van der Waals surface area contributed by atoms with Crippen LogP contribution in [0.1, 0.15) is 29.5 Å². The topological polar surface area (TPSA) is 59.3 Å². The quantitative estimate of drug-likeness (QED) is 0.792. The molecule has 3 aromatic heterocycles. The van der Waals surface area contributed by atoms with E-state index in [4.69, 9.17) is 11.6 Å². The fourth-order valence-corrected chi connectivity index (χ4v) is 2.46. The Balaban J connectivity index is 2.02. The summed E-state index contributed by atoms with van der Waals surface area (Å²) < 4.78 is 15.0. The number of amides is 1. The highest BCUT2D eigenvalue weighted by Gasteiger charge is 2.19. The summed E-state index contributed by atoms with van der Waals surface area (Å²) in [6.45, 7) is 1.99. The Bertz CT molecular complexity index is 860. The molecular weight excluding hydrogens is 319 g/mol. The molecule has 1 amide bonds. The highest BCUT2D eigenvalue weighted by atomic mass is 35.5. The Labute approximate surface area is 137 Å². The molecule has 3 rings (SSSR count). The molecule has 0 atom stereocenters. The lowest BCUT2D eigenvalue weighted by Gasteiger charge is -2.06. The first-order chi connectivity index (χ1) is 11.1. The van der Waals surface area contributed by atoms with Crippen molar-refractivity contribution in [3.05, 3.63) is 58.9 Å². The van der Waals surface area contributed by atoms with Crippen molar-refractivity contribution in [1.29, 1.82) is 0 Å². The Hall–Kier alpha value is -2.47. The van der Waals surface area contributed by atoms with Gasteiger partial charge in [0.15, 0.2) is 0 Å². The summed E-state index contributed by atoms with van der Waals surface area (Å²) in [6.07, 6.45) is 4.15. The van der Waals surface area contributed by atoms with Crippen molar-refractivity contribution in [2.24, 2.45) is 0 Å². The van der Waals surface area contributed by atoms with Crippen LogP contribution in [-0.2, 0) is 6.42 Å². The molecule has 0 aromatic carbocycles. The number of nitrogens with one attached hydrogen (secondary N) is 1. The number of halogens is 2. The van der Waals surface area contributed by atoms with Gasteiger partial charge in [0.2, 0.25) is 0 Å². The van der Waals surface area contributed by atoms with Crippen LogP contribution in [0.5, 0.6) is 0 Å². The maximum absolute atomic E-state index is 13.5. The SMILES string of the molecule is CCCc1nc2ccc(F)cn2c1C(=O)Nc1ccc(Cl)cn1. The molecule has 0 fully saturated rings. The second kappa shape index (κ2) is 6.34. The van der Waals surface area contributed by atoms with E-state index < -0.39 is 5.82 Å². The average molecular weight is 333 g/mol. The summed E-state index contributed by atoms with van der Waals surface area (Å²) in [5.41, 5.74) is 1.48. The van der Waals surface area contributed by atoms with Crippen LogP contribution >= 0.6 is 11.6 Å². The predicted octanol–water partition coefficient (Wildman–Crippen LogP) is 3.73. The number of fused-ring (bicyclic) bond motifs is 1. The Morgan fingerprint density at radius 3 is 2.87 bits per heavy atom. The van der Waals surface area contributed by atoms with Crippen LogP contribution in [0.2, 0.25) is 5.02 Å². The summed E-state index contributed by atoms with van der Waals surface area (Å²) in [6, 6.07) is 6.10. The fraction of sp³-hybridized carbons (Fsp3) is 0.188. The van der Waals surface area contributed by atoms with Gasteiger partial charge in [-0.15, -0.1) is 0 Å². The van der Waals surface area contributed by atoms with Crippen molar-refractivity contribution in [3.63, 3.8) is 0 Å². The Morgan fingerprint density at radius 1 is 1.35 bits per heavy atom. The second-order valence-electron chi connectivity index (χ2n) is 5.05. The lowest BCUT2D eigenvalue weighted by molar-refractivity contribution is 0.102. The summed E-state index contributed by atoms with van der Waals surface area (Å²) in [5.74, 6) is -0.453. The molecular formula is C16H14ClFN4O. The van der Waals surface area contributed by atoms with E-state index in [9.17, 15) is 9.18 Å². The molecule has 3 heterocycles. The monoisotopic (exact) mass is 332 g/mol. The lowest BCUT2D eigenvalue weighted by atomic mass is 10.2. The van der Waals surface area contributed by atoms with Crippen LogP contribution in [-0.4, -0.2) is 20.3 Å². The molecule has 7 heteroatoms. The molecule has 3 aromatic rings. The molecule has 0 aliphatic heterocycles. The highest BCUT2D eigenvalue weighted by Crippen LogP contribution is 2.18. The lowest BCUT2D eigenvalue weighted by Crippen LogP contribution is -2.17. The van der Waals surface area contributed by atoms with Gasteiger partial charge in [-0.05, 0) is 30.7 Å². The van der Waals surface area contributed by atoms with Crippen LogP contribution in [0.4, 0.5) is 10.2 Å². The molecule has 1 N–H and O–H groups in total. The molecule has 0 radical (unpaired) electrons. The van der Waals surface area contributed by atoms with Crippen LogP contribution in [0.25, 0.3) is 5.65 Å². The van der Waals surface area contributed by atoms with Gasteiger partial charge in [0, 0.05) is 12.4 Å². The molecule has 0 saturated heterocycles. The maximum atomic E-state index is 13.5. The van der Waals surface area contributed by atoms with Crippen molar-refractivity contribution in [2.75, 3.05) is 5.32 Å². The average Bonchev–Trinajstić information content (AvgIpc) is 2.87. The fourth-order valence-electron chi connectivity index (χ4n) is 2.34. The Kier molecular flexibility index (Phi) is 4.25. The largest absolute Gasteiger partial charge is 0.305 e. The van der Waals surface area contributed by atoms with Crippen molar-refractivity contribution < 1.29 is 9.18 Å². The van der Waals surface area contributed by atoms with Gasteiger partial charge in [-0.2, -0.15) is 0 Å². The first-order valence-corrected chi connectivity index (χ1v) is 7.55. The second-order valence-corrected chi connectivity index (χ2v) is 5.48. The summed E-state index contributed by atoms with van der Waals surface area (Å²) >= 11 is 5.78. The van der Waals surface area contributed by atoms with E-state index in [1.54, 1.807) is 18.2 Å². The zero-order chi connectivity index (χ0) is 16.4. The van der Waals surface area contributed by atoms with Gasteiger partial charge < -0.3 is 5.32 Å². The Morgan fingerprint density at radius 2 is 2.17 bits per heavy atom.